The van der Waals surface area contributed by atoms with Gasteiger partial charge in [0.2, 0.25) is 0 Å². The number of hydrogen-bond donors (Lipinski definition) is 1. The Labute approximate surface area is 66.0 Å². The summed E-state index contributed by atoms with van der Waals surface area (Å²) < 4.78 is 0. The average Bonchev–Trinajstić information content (AvgIpc) is 2.07. The molecule has 0 amide bonds. The van der Waals surface area contributed by atoms with Gasteiger partial charge < -0.3 is 5.73 Å². The van der Waals surface area contributed by atoms with Gasteiger partial charge in [-0.15, -0.1) is 0 Å². The predicted molar refractivity (Wildman–Crippen MR) is 44.7 cm³/mol. The number of nitrogens with zero attached hydrogens (tertiary/aromatic N) is 2. The summed E-state index contributed by atoms with van der Waals surface area (Å²) in [5.41, 5.74) is 7.13. The Balaban J connectivity index is 2.69. The lowest BCUT2D eigenvalue weighted by molar-refractivity contribution is 1.01. The Bertz CT molecular complexity index is 230. The molecular formula is C8H11N3. The minimum Gasteiger partial charge on any atom is -0.330 e. The summed E-state index contributed by atoms with van der Waals surface area (Å²) in [6, 6.07) is 0. The van der Waals surface area contributed by atoms with Crippen LogP contribution in [0.1, 0.15) is 12.1 Å². The zero-order chi connectivity index (χ0) is 8.10. The highest BCUT2D eigenvalue weighted by molar-refractivity contribution is 5.58. The van der Waals surface area contributed by atoms with Crippen LogP contribution in [0, 0.1) is 0 Å². The lowest BCUT2D eigenvalue weighted by Gasteiger charge is -2.00. The maximum atomic E-state index is 5.36. The van der Waals surface area contributed by atoms with Crippen molar-refractivity contribution in [3.05, 3.63) is 30.9 Å². The second-order valence-electron chi connectivity index (χ2n) is 2.23. The Morgan fingerprint density at radius 1 is 1.55 bits per heavy atom. The molecule has 3 nitrogen and oxygen atoms in total. The molecule has 0 spiro atoms. The summed E-state index contributed by atoms with van der Waals surface area (Å²) in [5.74, 6) is 0. The molecule has 11 heavy (non-hydrogen) atoms. The zero-order valence-electron chi connectivity index (χ0n) is 6.33. The molecule has 2 N–H and O–H groups in total. The van der Waals surface area contributed by atoms with Crippen molar-refractivity contribution >= 4 is 5.57 Å². The van der Waals surface area contributed by atoms with Crippen LogP contribution in [-0.4, -0.2) is 16.5 Å². The minimum atomic E-state index is 0.607. The van der Waals surface area contributed by atoms with E-state index in [1.165, 1.54) is 0 Å². The Morgan fingerprint density at radius 3 is 2.91 bits per heavy atom. The third kappa shape index (κ3) is 2.13. The molecule has 1 aromatic heterocycles. The molecule has 1 heterocycles. The Kier molecular flexibility index (Phi) is 2.74. The molecule has 0 bridgehead atoms. The van der Waals surface area contributed by atoms with Crippen LogP contribution >= 0.6 is 0 Å². The molecule has 0 aromatic carbocycles. The minimum absolute atomic E-state index is 0.607. The van der Waals surface area contributed by atoms with Crippen LogP contribution in [-0.2, 0) is 0 Å². The van der Waals surface area contributed by atoms with Crippen LogP contribution in [0.5, 0.6) is 0 Å². The summed E-state index contributed by atoms with van der Waals surface area (Å²) in [7, 11) is 0. The molecule has 0 aliphatic carbocycles. The smallest absolute Gasteiger partial charge is 0.0839 e. The molecule has 0 fully saturated rings. The fourth-order valence-corrected chi connectivity index (χ4v) is 0.784. The van der Waals surface area contributed by atoms with Crippen LogP contribution in [0.4, 0.5) is 0 Å². The monoisotopic (exact) mass is 149 g/mol. The van der Waals surface area contributed by atoms with E-state index in [4.69, 9.17) is 5.73 Å². The fraction of sp³-hybridized carbons (Fsp3) is 0.250. The van der Waals surface area contributed by atoms with Crippen molar-refractivity contribution < 1.29 is 0 Å². The van der Waals surface area contributed by atoms with Crippen LogP contribution in [0.3, 0.4) is 0 Å². The summed E-state index contributed by atoms with van der Waals surface area (Å²) in [6.45, 7) is 4.44. The van der Waals surface area contributed by atoms with Crippen molar-refractivity contribution in [2.24, 2.45) is 5.73 Å². The van der Waals surface area contributed by atoms with Gasteiger partial charge in [0, 0.05) is 12.4 Å². The first-order chi connectivity index (χ1) is 5.34. The Hall–Kier alpha value is -1.22. The van der Waals surface area contributed by atoms with Crippen LogP contribution in [0.15, 0.2) is 25.2 Å². The molecule has 1 aromatic rings. The van der Waals surface area contributed by atoms with Gasteiger partial charge >= 0.3 is 0 Å². The lowest BCUT2D eigenvalue weighted by Crippen LogP contribution is -2.00. The van der Waals surface area contributed by atoms with Gasteiger partial charge in [0.1, 0.15) is 0 Å². The highest BCUT2D eigenvalue weighted by Gasteiger charge is 1.96. The van der Waals surface area contributed by atoms with Gasteiger partial charge in [-0.1, -0.05) is 6.58 Å². The molecule has 0 saturated heterocycles. The van der Waals surface area contributed by atoms with Gasteiger partial charge in [-0.3, -0.25) is 9.97 Å². The molecule has 0 saturated carbocycles. The van der Waals surface area contributed by atoms with E-state index in [9.17, 15) is 0 Å². The van der Waals surface area contributed by atoms with Crippen molar-refractivity contribution in [2.75, 3.05) is 6.54 Å². The van der Waals surface area contributed by atoms with Crippen molar-refractivity contribution in [3.8, 4) is 0 Å². The van der Waals surface area contributed by atoms with Gasteiger partial charge in [-0.25, -0.2) is 0 Å². The summed E-state index contributed by atoms with van der Waals surface area (Å²) in [4.78, 5) is 8.00. The van der Waals surface area contributed by atoms with Gasteiger partial charge in [0.15, 0.2) is 0 Å². The van der Waals surface area contributed by atoms with E-state index in [-0.39, 0.29) is 0 Å². The van der Waals surface area contributed by atoms with Gasteiger partial charge in [0.05, 0.1) is 11.9 Å². The second kappa shape index (κ2) is 3.83. The second-order valence-corrected chi connectivity index (χ2v) is 2.23. The molecule has 0 unspecified atom stereocenters. The van der Waals surface area contributed by atoms with Gasteiger partial charge in [0.25, 0.3) is 0 Å². The largest absolute Gasteiger partial charge is 0.330 e. The van der Waals surface area contributed by atoms with E-state index in [1.807, 2.05) is 0 Å². The molecule has 0 atom stereocenters. The van der Waals surface area contributed by atoms with E-state index in [0.717, 1.165) is 17.7 Å². The topological polar surface area (TPSA) is 51.8 Å². The highest BCUT2D eigenvalue weighted by Crippen LogP contribution is 2.09. The standard InChI is InChI=1S/C8H11N3/c1-7(2-3-9)8-6-10-4-5-11-8/h4-6H,1-3,9H2. The van der Waals surface area contributed by atoms with E-state index >= 15 is 0 Å². The van der Waals surface area contributed by atoms with Crippen molar-refractivity contribution in [2.45, 2.75) is 6.42 Å². The third-order valence-corrected chi connectivity index (χ3v) is 1.37. The van der Waals surface area contributed by atoms with Crippen molar-refractivity contribution in [1.29, 1.82) is 0 Å². The maximum Gasteiger partial charge on any atom is 0.0839 e. The van der Waals surface area contributed by atoms with Crippen LogP contribution < -0.4 is 5.73 Å². The van der Waals surface area contributed by atoms with E-state index in [2.05, 4.69) is 16.5 Å². The highest BCUT2D eigenvalue weighted by atomic mass is 14.8. The zero-order valence-corrected chi connectivity index (χ0v) is 6.33. The molecule has 0 radical (unpaired) electrons. The number of hydrogen-bond acceptors (Lipinski definition) is 3. The number of nitrogens with two attached hydrogens (primary N) is 1. The number of rotatable bonds is 3. The maximum absolute atomic E-state index is 5.36. The third-order valence-electron chi connectivity index (χ3n) is 1.37. The quantitative estimate of drug-likeness (QED) is 0.692. The molecule has 0 aliphatic rings. The first kappa shape index (κ1) is 7.88. The van der Waals surface area contributed by atoms with Crippen LogP contribution in [0.25, 0.3) is 5.57 Å². The van der Waals surface area contributed by atoms with E-state index < -0.39 is 0 Å². The normalized spacial score (nSPS) is 9.55. The lowest BCUT2D eigenvalue weighted by atomic mass is 10.1. The van der Waals surface area contributed by atoms with Gasteiger partial charge in [-0.2, -0.15) is 0 Å². The first-order valence-corrected chi connectivity index (χ1v) is 3.49. The molecule has 58 valence electrons. The average molecular weight is 149 g/mol. The first-order valence-electron chi connectivity index (χ1n) is 3.49. The molecule has 3 heteroatoms. The SMILES string of the molecule is C=C(CCN)c1cnccn1. The molecular weight excluding hydrogens is 138 g/mol. The predicted octanol–water partition coefficient (Wildman–Crippen LogP) is 0.839. The summed E-state index contributed by atoms with van der Waals surface area (Å²) in [6.07, 6.45) is 5.76. The molecule has 1 rings (SSSR count). The van der Waals surface area contributed by atoms with E-state index in [1.54, 1.807) is 18.6 Å². The summed E-state index contributed by atoms with van der Waals surface area (Å²) in [5, 5.41) is 0. The fourth-order valence-electron chi connectivity index (χ4n) is 0.784. The molecule has 0 aliphatic heterocycles. The van der Waals surface area contributed by atoms with Crippen molar-refractivity contribution in [1.82, 2.24) is 9.97 Å². The van der Waals surface area contributed by atoms with Crippen LogP contribution in [0.2, 0.25) is 0 Å². The van der Waals surface area contributed by atoms with Crippen molar-refractivity contribution in [3.63, 3.8) is 0 Å². The Morgan fingerprint density at radius 2 is 2.36 bits per heavy atom. The van der Waals surface area contributed by atoms with E-state index in [0.29, 0.717) is 6.54 Å². The number of aromatic nitrogens is 2. The summed E-state index contributed by atoms with van der Waals surface area (Å²) >= 11 is 0. The van der Waals surface area contributed by atoms with Gasteiger partial charge in [-0.05, 0) is 18.5 Å².